The van der Waals surface area contributed by atoms with Gasteiger partial charge in [0.05, 0.1) is 0 Å². The van der Waals surface area contributed by atoms with E-state index in [-0.39, 0.29) is 40.6 Å². The van der Waals surface area contributed by atoms with Crippen molar-refractivity contribution < 1.29 is 2.85 Å². The van der Waals surface area contributed by atoms with Gasteiger partial charge in [-0.05, 0) is 5.41 Å². The van der Waals surface area contributed by atoms with Crippen LogP contribution in [0.4, 0.5) is 0 Å². The molecule has 1 aliphatic rings. The number of rotatable bonds is 0. The molecule has 1 heterocycles. The van der Waals surface area contributed by atoms with Gasteiger partial charge >= 0.3 is 37.7 Å². The van der Waals surface area contributed by atoms with E-state index in [0.29, 0.717) is 0 Å². The molecule has 32 valence electrons. The summed E-state index contributed by atoms with van der Waals surface area (Å²) in [7, 11) is 3.69. The third kappa shape index (κ3) is 2.80. The van der Waals surface area contributed by atoms with Crippen LogP contribution in [0.2, 0.25) is 0 Å². The molecule has 0 spiro atoms. The Balaban J connectivity index is -0.0000000833. The minimum atomic E-state index is 0. The molecule has 3 heteroatoms. The zero-order chi connectivity index (χ0) is 3.54. The van der Waals surface area contributed by atoms with Crippen molar-refractivity contribution in [1.82, 2.24) is 0 Å². The van der Waals surface area contributed by atoms with Crippen LogP contribution in [0.1, 0.15) is 2.85 Å². The summed E-state index contributed by atoms with van der Waals surface area (Å²) in [5.41, 5.74) is 0. The van der Waals surface area contributed by atoms with Crippen molar-refractivity contribution in [2.24, 2.45) is 0 Å². The monoisotopic (exact) mass is 146 g/mol. The normalized spacial score (nSPS) is 17.3. The molecule has 1 aliphatic heterocycles. The molecule has 0 radical (unpaired) electrons. The van der Waals surface area contributed by atoms with Gasteiger partial charge in [0.1, 0.15) is 0 Å². The standard InChI is InChI=1S/C3H4S2.Ca.2H/c1-2-4-5-3-1;;;/h1-2H,3H2;;;/q;+2;2*-1. The first-order valence-corrected chi connectivity index (χ1v) is 3.81. The minimum Gasteiger partial charge on any atom is -1.00 e. The molecule has 0 aromatic carbocycles. The fourth-order valence-corrected chi connectivity index (χ4v) is 1.77. The van der Waals surface area contributed by atoms with Crippen molar-refractivity contribution in [2.45, 2.75) is 0 Å². The second-order valence-corrected chi connectivity index (χ2v) is 3.07. The molecule has 0 aromatic heterocycles. The van der Waals surface area contributed by atoms with Crippen LogP contribution in [0.3, 0.4) is 0 Å². The zero-order valence-electron chi connectivity index (χ0n) is 5.39. The first-order chi connectivity index (χ1) is 2.50. The second kappa shape index (κ2) is 4.85. The van der Waals surface area contributed by atoms with Crippen LogP contribution < -0.4 is 0 Å². The average Bonchev–Trinajstić information content (AvgIpc) is 1.76. The van der Waals surface area contributed by atoms with Gasteiger partial charge in [0.2, 0.25) is 0 Å². The Labute approximate surface area is 78.5 Å². The van der Waals surface area contributed by atoms with E-state index in [4.69, 9.17) is 0 Å². The molecule has 0 atom stereocenters. The van der Waals surface area contributed by atoms with E-state index >= 15 is 0 Å². The molecule has 0 amide bonds. The summed E-state index contributed by atoms with van der Waals surface area (Å²) in [5, 5.41) is 2.12. The molecule has 0 bridgehead atoms. The van der Waals surface area contributed by atoms with Crippen molar-refractivity contribution in [1.29, 1.82) is 0 Å². The van der Waals surface area contributed by atoms with E-state index in [2.05, 4.69) is 11.5 Å². The maximum atomic E-state index is 2.16. The van der Waals surface area contributed by atoms with Gasteiger partial charge in [0.25, 0.3) is 0 Å². The maximum absolute atomic E-state index is 2.16. The Hall–Kier alpha value is 1.70. The largest absolute Gasteiger partial charge is 2.00 e. The van der Waals surface area contributed by atoms with E-state index in [9.17, 15) is 0 Å². The van der Waals surface area contributed by atoms with Gasteiger partial charge in [0, 0.05) is 5.75 Å². The van der Waals surface area contributed by atoms with Crippen molar-refractivity contribution in [3.05, 3.63) is 11.5 Å². The predicted molar refractivity (Wildman–Crippen MR) is 37.2 cm³/mol. The Morgan fingerprint density at radius 3 is 2.67 bits per heavy atom. The van der Waals surface area contributed by atoms with Gasteiger partial charge in [-0.2, -0.15) is 0 Å². The van der Waals surface area contributed by atoms with Gasteiger partial charge in [-0.3, -0.25) is 0 Å². The summed E-state index contributed by atoms with van der Waals surface area (Å²) in [6.07, 6.45) is 2.16. The quantitative estimate of drug-likeness (QED) is 0.377. The fraction of sp³-hybridized carbons (Fsp3) is 0.333. The summed E-state index contributed by atoms with van der Waals surface area (Å²) < 4.78 is 0. The minimum absolute atomic E-state index is 0. The first-order valence-electron chi connectivity index (χ1n) is 1.43. The molecular weight excluding hydrogens is 140 g/mol. The van der Waals surface area contributed by atoms with E-state index in [1.165, 1.54) is 5.75 Å². The van der Waals surface area contributed by atoms with Crippen LogP contribution in [-0.4, -0.2) is 43.5 Å². The van der Waals surface area contributed by atoms with Crippen LogP contribution in [-0.2, 0) is 0 Å². The molecule has 1 rings (SSSR count). The van der Waals surface area contributed by atoms with Gasteiger partial charge in [-0.1, -0.05) is 27.7 Å². The predicted octanol–water partition coefficient (Wildman–Crippen LogP) is 1.74. The van der Waals surface area contributed by atoms with Crippen LogP contribution in [0, 0.1) is 0 Å². The van der Waals surface area contributed by atoms with E-state index in [1.807, 2.05) is 21.6 Å². The van der Waals surface area contributed by atoms with Crippen LogP contribution in [0.5, 0.6) is 0 Å². The molecule has 0 unspecified atom stereocenters. The third-order valence-corrected chi connectivity index (χ3v) is 2.30. The van der Waals surface area contributed by atoms with Crippen molar-refractivity contribution in [3.63, 3.8) is 0 Å². The second-order valence-electron chi connectivity index (χ2n) is 0.753. The SMILES string of the molecule is C1=CSSC1.[Ca+2].[H-].[H-]. The van der Waals surface area contributed by atoms with Gasteiger partial charge in [0.15, 0.2) is 0 Å². The summed E-state index contributed by atoms with van der Waals surface area (Å²) in [5.74, 6) is 1.20. The van der Waals surface area contributed by atoms with E-state index in [0.717, 1.165) is 0 Å². The van der Waals surface area contributed by atoms with Crippen molar-refractivity contribution in [2.75, 3.05) is 5.75 Å². The first kappa shape index (κ1) is 7.70. The summed E-state index contributed by atoms with van der Waals surface area (Å²) in [6.45, 7) is 0. The van der Waals surface area contributed by atoms with E-state index in [1.54, 1.807) is 0 Å². The summed E-state index contributed by atoms with van der Waals surface area (Å²) in [6, 6.07) is 0. The molecule has 0 fully saturated rings. The summed E-state index contributed by atoms with van der Waals surface area (Å²) in [4.78, 5) is 0. The molecule has 0 saturated heterocycles. The Morgan fingerprint density at radius 1 is 1.67 bits per heavy atom. The fourth-order valence-electron chi connectivity index (χ4n) is 0.196. The van der Waals surface area contributed by atoms with Crippen LogP contribution in [0.25, 0.3) is 0 Å². The van der Waals surface area contributed by atoms with Crippen molar-refractivity contribution in [3.8, 4) is 0 Å². The Morgan fingerprint density at radius 2 is 2.50 bits per heavy atom. The molecule has 0 saturated carbocycles. The summed E-state index contributed by atoms with van der Waals surface area (Å²) >= 11 is 0. The maximum Gasteiger partial charge on any atom is 2.00 e. The average molecular weight is 146 g/mol. The zero-order valence-corrected chi connectivity index (χ0v) is 7.23. The van der Waals surface area contributed by atoms with Gasteiger partial charge in [-0.15, -0.1) is 0 Å². The smallest absolute Gasteiger partial charge is 1.00 e. The van der Waals surface area contributed by atoms with Crippen LogP contribution >= 0.6 is 21.6 Å². The molecule has 0 aliphatic carbocycles. The van der Waals surface area contributed by atoms with Gasteiger partial charge < -0.3 is 2.85 Å². The van der Waals surface area contributed by atoms with Crippen molar-refractivity contribution >= 4 is 59.3 Å². The molecule has 0 N–H and O–H groups in total. The molecular formula is C3H6CaS2. The Kier molecular flexibility index (Phi) is 6.22. The number of hydrogen-bond donors (Lipinski definition) is 0. The molecule has 6 heavy (non-hydrogen) atoms. The molecule has 0 aromatic rings. The Bertz CT molecular complexity index is 53.2. The number of hydrogen-bond acceptors (Lipinski definition) is 2. The topological polar surface area (TPSA) is 0 Å². The van der Waals surface area contributed by atoms with Gasteiger partial charge in [-0.25, -0.2) is 0 Å². The van der Waals surface area contributed by atoms with Crippen LogP contribution in [0.15, 0.2) is 11.5 Å². The molecule has 0 nitrogen and oxygen atoms in total. The third-order valence-electron chi connectivity index (χ3n) is 0.384. The van der Waals surface area contributed by atoms with E-state index < -0.39 is 0 Å².